The van der Waals surface area contributed by atoms with Gasteiger partial charge < -0.3 is 10.5 Å². The van der Waals surface area contributed by atoms with Crippen molar-refractivity contribution in [2.75, 3.05) is 7.11 Å². The maximum Gasteiger partial charge on any atom is 0.128 e. The second-order valence-electron chi connectivity index (χ2n) is 4.79. The van der Waals surface area contributed by atoms with Crippen molar-refractivity contribution >= 4 is 15.9 Å². The zero-order valence-electron chi connectivity index (χ0n) is 11.5. The fraction of sp³-hybridized carbons (Fsp3) is 0.250. The van der Waals surface area contributed by atoms with Gasteiger partial charge in [0.05, 0.1) is 7.11 Å². The molecule has 2 N–H and O–H groups in total. The molecule has 2 rings (SSSR count). The number of aryl methyl sites for hydroxylation is 1. The maximum atomic E-state index is 13.9. The fourth-order valence-corrected chi connectivity index (χ4v) is 2.59. The van der Waals surface area contributed by atoms with Crippen molar-refractivity contribution < 1.29 is 9.13 Å². The third-order valence-electron chi connectivity index (χ3n) is 3.23. The van der Waals surface area contributed by atoms with E-state index in [1.54, 1.807) is 19.2 Å². The molecule has 106 valence electrons. The predicted octanol–water partition coefficient (Wildman–Crippen LogP) is 4.15. The van der Waals surface area contributed by atoms with Crippen molar-refractivity contribution in [3.8, 4) is 5.75 Å². The zero-order chi connectivity index (χ0) is 14.7. The van der Waals surface area contributed by atoms with E-state index in [1.807, 2.05) is 25.1 Å². The summed E-state index contributed by atoms with van der Waals surface area (Å²) in [5.41, 5.74) is 8.77. The molecule has 0 aliphatic carbocycles. The highest BCUT2D eigenvalue weighted by Gasteiger charge is 2.15. The van der Waals surface area contributed by atoms with E-state index in [1.165, 1.54) is 6.07 Å². The molecule has 0 aliphatic heterocycles. The summed E-state index contributed by atoms with van der Waals surface area (Å²) in [7, 11) is 1.62. The van der Waals surface area contributed by atoms with Gasteiger partial charge in [-0.2, -0.15) is 0 Å². The number of rotatable bonds is 4. The standard InChI is InChI=1S/C16H17BrFNO/c1-10-3-6-16(20-2)11(7-10)8-15(19)13-9-12(17)4-5-14(13)18/h3-7,9,15H,8,19H2,1-2H3. The lowest BCUT2D eigenvalue weighted by Gasteiger charge is -2.16. The summed E-state index contributed by atoms with van der Waals surface area (Å²) in [5, 5.41) is 0. The van der Waals surface area contributed by atoms with Crippen LogP contribution in [0.25, 0.3) is 0 Å². The van der Waals surface area contributed by atoms with Gasteiger partial charge in [-0.3, -0.25) is 0 Å². The number of halogens is 2. The van der Waals surface area contributed by atoms with Crippen LogP contribution in [0.4, 0.5) is 4.39 Å². The molecule has 0 radical (unpaired) electrons. The quantitative estimate of drug-likeness (QED) is 0.909. The Morgan fingerprint density at radius 3 is 2.70 bits per heavy atom. The largest absolute Gasteiger partial charge is 0.496 e. The first-order chi connectivity index (χ1) is 9.51. The highest BCUT2D eigenvalue weighted by molar-refractivity contribution is 9.10. The van der Waals surface area contributed by atoms with Gasteiger partial charge in [0.15, 0.2) is 0 Å². The molecule has 0 saturated heterocycles. The molecule has 0 bridgehead atoms. The molecule has 0 fully saturated rings. The fourth-order valence-electron chi connectivity index (χ4n) is 2.21. The summed E-state index contributed by atoms with van der Waals surface area (Å²) in [5.74, 6) is 0.494. The number of hydrogen-bond acceptors (Lipinski definition) is 2. The van der Waals surface area contributed by atoms with Crippen molar-refractivity contribution in [3.05, 3.63) is 63.4 Å². The minimum Gasteiger partial charge on any atom is -0.496 e. The normalized spacial score (nSPS) is 12.2. The summed E-state index contributed by atoms with van der Waals surface area (Å²) < 4.78 is 20.0. The van der Waals surface area contributed by atoms with Crippen LogP contribution in [0, 0.1) is 12.7 Å². The average Bonchev–Trinajstić information content (AvgIpc) is 2.41. The first-order valence-electron chi connectivity index (χ1n) is 6.35. The van der Waals surface area contributed by atoms with E-state index in [4.69, 9.17) is 10.5 Å². The Morgan fingerprint density at radius 2 is 2.00 bits per heavy atom. The van der Waals surface area contributed by atoms with Crippen molar-refractivity contribution in [2.24, 2.45) is 5.73 Å². The lowest BCUT2D eigenvalue weighted by Crippen LogP contribution is -2.15. The first-order valence-corrected chi connectivity index (χ1v) is 7.14. The molecule has 2 nitrogen and oxygen atoms in total. The van der Waals surface area contributed by atoms with E-state index in [-0.39, 0.29) is 5.82 Å². The summed E-state index contributed by atoms with van der Waals surface area (Å²) in [6, 6.07) is 10.3. The van der Waals surface area contributed by atoms with Crippen LogP contribution in [0.5, 0.6) is 5.75 Å². The molecule has 0 spiro atoms. The van der Waals surface area contributed by atoms with E-state index >= 15 is 0 Å². The highest BCUT2D eigenvalue weighted by Crippen LogP contribution is 2.27. The summed E-state index contributed by atoms with van der Waals surface area (Å²) in [6.07, 6.45) is 0.526. The SMILES string of the molecule is COc1ccc(C)cc1CC(N)c1cc(Br)ccc1F. The Labute approximate surface area is 126 Å². The highest BCUT2D eigenvalue weighted by atomic mass is 79.9. The smallest absolute Gasteiger partial charge is 0.128 e. The third kappa shape index (κ3) is 3.38. The Morgan fingerprint density at radius 1 is 1.25 bits per heavy atom. The van der Waals surface area contributed by atoms with Gasteiger partial charge in [-0.1, -0.05) is 33.6 Å². The molecule has 0 aliphatic rings. The Balaban J connectivity index is 2.29. The second-order valence-corrected chi connectivity index (χ2v) is 5.71. The lowest BCUT2D eigenvalue weighted by molar-refractivity contribution is 0.407. The summed E-state index contributed by atoms with van der Waals surface area (Å²) in [6.45, 7) is 2.01. The molecule has 0 saturated carbocycles. The van der Waals surface area contributed by atoms with E-state index in [0.717, 1.165) is 21.3 Å². The number of ether oxygens (including phenoxy) is 1. The second kappa shape index (κ2) is 6.37. The van der Waals surface area contributed by atoms with Gasteiger partial charge in [-0.05, 0) is 43.2 Å². The molecule has 2 aromatic carbocycles. The van der Waals surface area contributed by atoms with Gasteiger partial charge in [0, 0.05) is 16.1 Å². The van der Waals surface area contributed by atoms with Gasteiger partial charge >= 0.3 is 0 Å². The maximum absolute atomic E-state index is 13.9. The molecule has 4 heteroatoms. The number of hydrogen-bond donors (Lipinski definition) is 1. The van der Waals surface area contributed by atoms with Crippen molar-refractivity contribution in [1.82, 2.24) is 0 Å². The third-order valence-corrected chi connectivity index (χ3v) is 3.73. The van der Waals surface area contributed by atoms with Crippen LogP contribution in [0.1, 0.15) is 22.7 Å². The van der Waals surface area contributed by atoms with Crippen LogP contribution in [-0.4, -0.2) is 7.11 Å². The monoisotopic (exact) mass is 337 g/mol. The first kappa shape index (κ1) is 15.0. The van der Waals surface area contributed by atoms with Crippen molar-refractivity contribution in [1.29, 1.82) is 0 Å². The Bertz CT molecular complexity index is 615. The van der Waals surface area contributed by atoms with Gasteiger partial charge in [0.25, 0.3) is 0 Å². The number of methoxy groups -OCH3 is 1. The Hall–Kier alpha value is -1.39. The topological polar surface area (TPSA) is 35.2 Å². The molecule has 0 aromatic heterocycles. The van der Waals surface area contributed by atoms with Crippen LogP contribution in [0.15, 0.2) is 40.9 Å². The molecule has 20 heavy (non-hydrogen) atoms. The summed E-state index contributed by atoms with van der Waals surface area (Å²) >= 11 is 3.34. The van der Waals surface area contributed by atoms with E-state index in [9.17, 15) is 4.39 Å². The molecule has 0 amide bonds. The molecule has 1 unspecified atom stereocenters. The van der Waals surface area contributed by atoms with E-state index in [0.29, 0.717) is 12.0 Å². The van der Waals surface area contributed by atoms with Crippen LogP contribution >= 0.6 is 15.9 Å². The predicted molar refractivity (Wildman–Crippen MR) is 82.5 cm³/mol. The minimum absolute atomic E-state index is 0.285. The van der Waals surface area contributed by atoms with E-state index in [2.05, 4.69) is 15.9 Å². The molecule has 1 atom stereocenters. The van der Waals surface area contributed by atoms with Crippen molar-refractivity contribution in [2.45, 2.75) is 19.4 Å². The van der Waals surface area contributed by atoms with Crippen molar-refractivity contribution in [3.63, 3.8) is 0 Å². The minimum atomic E-state index is -0.414. The number of nitrogens with two attached hydrogens (primary N) is 1. The van der Waals surface area contributed by atoms with Gasteiger partial charge in [-0.15, -0.1) is 0 Å². The molecule has 2 aromatic rings. The van der Waals surface area contributed by atoms with Crippen LogP contribution in [0.2, 0.25) is 0 Å². The zero-order valence-corrected chi connectivity index (χ0v) is 13.1. The Kier molecular flexibility index (Phi) is 4.78. The van der Waals surface area contributed by atoms with Gasteiger partial charge in [0.1, 0.15) is 11.6 Å². The molecular formula is C16H17BrFNO. The van der Waals surface area contributed by atoms with Crippen LogP contribution in [0.3, 0.4) is 0 Å². The summed E-state index contributed by atoms with van der Waals surface area (Å²) in [4.78, 5) is 0. The number of benzene rings is 2. The molecule has 0 heterocycles. The lowest BCUT2D eigenvalue weighted by atomic mass is 9.97. The van der Waals surface area contributed by atoms with E-state index < -0.39 is 6.04 Å². The van der Waals surface area contributed by atoms with Crippen LogP contribution < -0.4 is 10.5 Å². The van der Waals surface area contributed by atoms with Gasteiger partial charge in [0.2, 0.25) is 0 Å². The average molecular weight is 338 g/mol. The molecular weight excluding hydrogens is 321 g/mol. The van der Waals surface area contributed by atoms with Gasteiger partial charge in [-0.25, -0.2) is 4.39 Å². The van der Waals surface area contributed by atoms with Crippen LogP contribution in [-0.2, 0) is 6.42 Å².